The maximum Gasteiger partial charge on any atom is 0.163 e. The van der Waals surface area contributed by atoms with Crippen molar-refractivity contribution >= 4 is 57.8 Å². The van der Waals surface area contributed by atoms with Crippen molar-refractivity contribution < 1.29 is 14.2 Å². The topological polar surface area (TPSA) is 43.0 Å². The molecule has 1 aliphatic rings. The summed E-state index contributed by atoms with van der Waals surface area (Å²) in [6.07, 6.45) is 0. The van der Waals surface area contributed by atoms with E-state index in [2.05, 4.69) is 10.2 Å². The highest BCUT2D eigenvalue weighted by molar-refractivity contribution is 6.35. The van der Waals surface area contributed by atoms with Gasteiger partial charge in [-0.3, -0.25) is 0 Å². The molecule has 35 heavy (non-hydrogen) atoms. The fraction of sp³-hybridized carbons (Fsp3) is 0.308. The third-order valence-electron chi connectivity index (χ3n) is 5.59. The van der Waals surface area contributed by atoms with Crippen molar-refractivity contribution in [3.8, 4) is 11.5 Å². The molecule has 0 amide bonds. The van der Waals surface area contributed by atoms with Crippen LogP contribution in [-0.4, -0.2) is 32.9 Å². The smallest absolute Gasteiger partial charge is 0.163 e. The summed E-state index contributed by atoms with van der Waals surface area (Å²) in [5, 5.41) is 5.77. The maximum absolute atomic E-state index is 6.60. The molecule has 0 unspecified atom stereocenters. The Morgan fingerprint density at radius 3 is 2.29 bits per heavy atom. The van der Waals surface area contributed by atoms with Gasteiger partial charge in [0.1, 0.15) is 6.61 Å². The monoisotopic (exact) mass is 554 g/mol. The third-order valence-corrected chi connectivity index (χ3v) is 6.83. The van der Waals surface area contributed by atoms with Gasteiger partial charge in [0, 0.05) is 52.0 Å². The van der Waals surface area contributed by atoms with Crippen LogP contribution in [0.15, 0.2) is 48.5 Å². The van der Waals surface area contributed by atoms with Gasteiger partial charge in [0.25, 0.3) is 0 Å². The van der Waals surface area contributed by atoms with Crippen LogP contribution in [0.3, 0.4) is 0 Å². The number of anilines is 2. The summed E-state index contributed by atoms with van der Waals surface area (Å²) in [4.78, 5) is 2.23. The number of morpholine rings is 1. The minimum atomic E-state index is 0.262. The van der Waals surface area contributed by atoms with Crippen LogP contribution in [0.4, 0.5) is 11.4 Å². The van der Waals surface area contributed by atoms with Crippen LogP contribution in [0.1, 0.15) is 18.1 Å². The minimum Gasteiger partial charge on any atom is -0.490 e. The molecule has 1 aliphatic heterocycles. The van der Waals surface area contributed by atoms with E-state index in [-0.39, 0.29) is 6.61 Å². The number of hydrogen-bond acceptors (Lipinski definition) is 5. The summed E-state index contributed by atoms with van der Waals surface area (Å²) >= 11 is 25.4. The van der Waals surface area contributed by atoms with Crippen LogP contribution >= 0.6 is 46.4 Å². The SMILES string of the molecule is CCOc1cc(CNc2ccc(N3CCOCC3)c(Cl)c2)c(Cl)cc1OCc1ccc(Cl)cc1Cl. The Hall–Kier alpha value is -2.02. The van der Waals surface area contributed by atoms with E-state index in [1.807, 2.05) is 37.3 Å². The standard InChI is InChI=1S/C26H26Cl4N2O3/c1-2-34-25-11-18(22(29)14-26(25)35-16-17-3-4-19(27)12-21(17)28)15-31-20-5-6-24(23(30)13-20)32-7-9-33-10-8-32/h3-6,11-14,31H,2,7-10,15-16H2,1H3. The minimum absolute atomic E-state index is 0.262. The van der Waals surface area contributed by atoms with Crippen LogP contribution < -0.4 is 19.7 Å². The lowest BCUT2D eigenvalue weighted by Gasteiger charge is -2.29. The van der Waals surface area contributed by atoms with Crippen LogP contribution in [0.25, 0.3) is 0 Å². The normalized spacial score (nSPS) is 13.6. The molecular formula is C26H26Cl4N2O3. The molecule has 0 aromatic heterocycles. The Bertz CT molecular complexity index is 1170. The van der Waals surface area contributed by atoms with E-state index in [0.717, 1.165) is 35.6 Å². The molecule has 3 aromatic carbocycles. The summed E-state index contributed by atoms with van der Waals surface area (Å²) in [6.45, 7) is 6.26. The molecular weight excluding hydrogens is 530 g/mol. The van der Waals surface area contributed by atoms with Crippen molar-refractivity contribution in [2.45, 2.75) is 20.1 Å². The van der Waals surface area contributed by atoms with E-state index in [0.29, 0.717) is 58.0 Å². The van der Waals surface area contributed by atoms with Gasteiger partial charge in [0.05, 0.1) is 30.5 Å². The van der Waals surface area contributed by atoms with Gasteiger partial charge in [-0.25, -0.2) is 0 Å². The second-order valence-electron chi connectivity index (χ2n) is 7.97. The molecule has 0 bridgehead atoms. The third kappa shape index (κ3) is 6.81. The van der Waals surface area contributed by atoms with Gasteiger partial charge >= 0.3 is 0 Å². The van der Waals surface area contributed by atoms with Crippen molar-refractivity contribution in [2.75, 3.05) is 43.1 Å². The first-order valence-electron chi connectivity index (χ1n) is 11.3. The lowest BCUT2D eigenvalue weighted by atomic mass is 10.1. The zero-order chi connectivity index (χ0) is 24.8. The average Bonchev–Trinajstić information content (AvgIpc) is 2.84. The molecule has 0 spiro atoms. The second kappa shape index (κ2) is 12.3. The van der Waals surface area contributed by atoms with Gasteiger partial charge in [-0.05, 0) is 48.9 Å². The zero-order valence-electron chi connectivity index (χ0n) is 19.3. The summed E-state index contributed by atoms with van der Waals surface area (Å²) < 4.78 is 17.2. The predicted octanol–water partition coefficient (Wildman–Crippen LogP) is 7.73. The Labute approximate surface area is 225 Å². The Morgan fingerprint density at radius 2 is 1.57 bits per heavy atom. The number of nitrogens with zero attached hydrogens (tertiary/aromatic N) is 1. The van der Waals surface area contributed by atoms with Crippen LogP contribution in [0.5, 0.6) is 11.5 Å². The molecule has 0 radical (unpaired) electrons. The number of ether oxygens (including phenoxy) is 3. The maximum atomic E-state index is 6.60. The summed E-state index contributed by atoms with van der Waals surface area (Å²) in [5.74, 6) is 1.16. The quantitative estimate of drug-likeness (QED) is 0.292. The van der Waals surface area contributed by atoms with Crippen LogP contribution in [-0.2, 0) is 17.9 Å². The molecule has 0 atom stereocenters. The summed E-state index contributed by atoms with van der Waals surface area (Å²) in [6, 6.07) is 14.9. The number of benzene rings is 3. The second-order valence-corrected chi connectivity index (χ2v) is 9.62. The van der Waals surface area contributed by atoms with Crippen molar-refractivity contribution in [3.63, 3.8) is 0 Å². The average molecular weight is 556 g/mol. The molecule has 4 rings (SSSR count). The highest BCUT2D eigenvalue weighted by atomic mass is 35.5. The van der Waals surface area contributed by atoms with Crippen molar-refractivity contribution in [1.82, 2.24) is 0 Å². The molecule has 1 N–H and O–H groups in total. The highest BCUT2D eigenvalue weighted by Crippen LogP contribution is 2.36. The molecule has 1 saturated heterocycles. The predicted molar refractivity (Wildman–Crippen MR) is 145 cm³/mol. The molecule has 0 aliphatic carbocycles. The summed E-state index contributed by atoms with van der Waals surface area (Å²) in [7, 11) is 0. The van der Waals surface area contributed by atoms with Gasteiger partial charge in [0.15, 0.2) is 11.5 Å². The van der Waals surface area contributed by atoms with E-state index >= 15 is 0 Å². The number of hydrogen-bond donors (Lipinski definition) is 1. The van der Waals surface area contributed by atoms with E-state index in [4.69, 9.17) is 60.6 Å². The van der Waals surface area contributed by atoms with Gasteiger partial charge in [0.2, 0.25) is 0 Å². The number of nitrogens with one attached hydrogen (secondary N) is 1. The first-order valence-corrected chi connectivity index (χ1v) is 12.8. The molecule has 9 heteroatoms. The van der Waals surface area contributed by atoms with Gasteiger partial charge in [-0.2, -0.15) is 0 Å². The first-order chi connectivity index (χ1) is 16.9. The van der Waals surface area contributed by atoms with Gasteiger partial charge in [-0.15, -0.1) is 0 Å². The number of halogens is 4. The van der Waals surface area contributed by atoms with E-state index < -0.39 is 0 Å². The fourth-order valence-electron chi connectivity index (χ4n) is 3.76. The fourth-order valence-corrected chi connectivity index (χ4v) is 4.75. The largest absolute Gasteiger partial charge is 0.490 e. The lowest BCUT2D eigenvalue weighted by Crippen LogP contribution is -2.36. The van der Waals surface area contributed by atoms with Gasteiger partial charge in [-0.1, -0.05) is 52.5 Å². The van der Waals surface area contributed by atoms with Crippen LogP contribution in [0.2, 0.25) is 20.1 Å². The van der Waals surface area contributed by atoms with E-state index in [1.54, 1.807) is 18.2 Å². The Kier molecular flexibility index (Phi) is 9.15. The first kappa shape index (κ1) is 26.1. The molecule has 5 nitrogen and oxygen atoms in total. The molecule has 3 aromatic rings. The molecule has 1 fully saturated rings. The van der Waals surface area contributed by atoms with Crippen molar-refractivity contribution in [2.24, 2.45) is 0 Å². The van der Waals surface area contributed by atoms with Gasteiger partial charge < -0.3 is 24.4 Å². The van der Waals surface area contributed by atoms with E-state index in [9.17, 15) is 0 Å². The molecule has 1 heterocycles. The van der Waals surface area contributed by atoms with E-state index in [1.165, 1.54) is 0 Å². The highest BCUT2D eigenvalue weighted by Gasteiger charge is 2.15. The van der Waals surface area contributed by atoms with Crippen molar-refractivity contribution in [3.05, 3.63) is 79.7 Å². The Morgan fingerprint density at radius 1 is 0.829 bits per heavy atom. The summed E-state index contributed by atoms with van der Waals surface area (Å²) in [5.41, 5.74) is 3.61. The molecule has 0 saturated carbocycles. The zero-order valence-corrected chi connectivity index (χ0v) is 22.3. The van der Waals surface area contributed by atoms with Crippen LogP contribution in [0, 0.1) is 0 Å². The lowest BCUT2D eigenvalue weighted by molar-refractivity contribution is 0.122. The Balaban J connectivity index is 1.45. The van der Waals surface area contributed by atoms with Crippen molar-refractivity contribution in [1.29, 1.82) is 0 Å². The molecule has 186 valence electrons. The number of rotatable bonds is 9.